The van der Waals surface area contributed by atoms with Gasteiger partial charge in [-0.2, -0.15) is 0 Å². The van der Waals surface area contributed by atoms with Gasteiger partial charge in [-0.05, 0) is 36.4 Å². The lowest BCUT2D eigenvalue weighted by Crippen LogP contribution is -2.38. The van der Waals surface area contributed by atoms with Crippen molar-refractivity contribution in [1.29, 1.82) is 0 Å². The number of thiophene rings is 1. The number of pyridine rings is 1. The normalized spacial score (nSPS) is 17.5. The van der Waals surface area contributed by atoms with Crippen LogP contribution in [0.25, 0.3) is 11.3 Å². The Hall–Kier alpha value is -3.67. The van der Waals surface area contributed by atoms with Crippen molar-refractivity contribution in [2.45, 2.75) is 11.6 Å². The van der Waals surface area contributed by atoms with Crippen molar-refractivity contribution >= 4 is 56.7 Å². The summed E-state index contributed by atoms with van der Waals surface area (Å²) in [6.07, 6.45) is 3.89. The Morgan fingerprint density at radius 1 is 1.20 bits per heavy atom. The van der Waals surface area contributed by atoms with E-state index >= 15 is 0 Å². The van der Waals surface area contributed by atoms with Crippen LogP contribution in [-0.2, 0) is 4.74 Å². The summed E-state index contributed by atoms with van der Waals surface area (Å²) in [5, 5.41) is 12.7. The molecule has 5 N–H and O–H groups in total. The third-order valence-corrected chi connectivity index (χ3v) is 7.49. The molecule has 11 heteroatoms. The van der Waals surface area contributed by atoms with Crippen LogP contribution < -0.4 is 26.4 Å². The summed E-state index contributed by atoms with van der Waals surface area (Å²) >= 11 is 3.00. The molecular formula is C24H22N6O3S2. The van der Waals surface area contributed by atoms with Crippen molar-refractivity contribution in [3.8, 4) is 5.75 Å². The minimum Gasteiger partial charge on any atom is -0.482 e. The molecule has 0 radical (unpaired) electrons. The number of nitrogens with zero attached hydrogens (tertiary/aromatic N) is 2. The second kappa shape index (κ2) is 9.17. The van der Waals surface area contributed by atoms with E-state index in [2.05, 4.69) is 26.3 Å². The monoisotopic (exact) mass is 506 g/mol. The highest BCUT2D eigenvalue weighted by molar-refractivity contribution is 8.03. The maximum Gasteiger partial charge on any atom is 0.265 e. The quantitative estimate of drug-likeness (QED) is 0.278. The number of carbonyl (C=O) groups excluding carboxylic acids is 1. The second-order valence-electron chi connectivity index (χ2n) is 8.03. The van der Waals surface area contributed by atoms with Crippen molar-refractivity contribution in [3.63, 3.8) is 0 Å². The minimum absolute atomic E-state index is 0.0807. The van der Waals surface area contributed by atoms with Crippen molar-refractivity contribution < 1.29 is 14.3 Å². The number of thioether (sulfide) groups is 1. The SMILES string of the molecule is Nc1ccccc1NC(=O)c1ccc(NC2NC(c3cnc4c(OC5COC5)cccn34)=CS2)s1. The molecule has 9 nitrogen and oxygen atoms in total. The van der Waals surface area contributed by atoms with Crippen molar-refractivity contribution in [2.24, 2.45) is 0 Å². The third kappa shape index (κ3) is 4.41. The summed E-state index contributed by atoms with van der Waals surface area (Å²) in [6, 6.07) is 14.8. The van der Waals surface area contributed by atoms with Gasteiger partial charge >= 0.3 is 0 Å². The predicted octanol–water partition coefficient (Wildman–Crippen LogP) is 4.04. The van der Waals surface area contributed by atoms with Crippen LogP contribution in [0.5, 0.6) is 5.75 Å². The van der Waals surface area contributed by atoms with Gasteiger partial charge < -0.3 is 31.2 Å². The van der Waals surface area contributed by atoms with Gasteiger partial charge in [0.2, 0.25) is 0 Å². The Bertz CT molecular complexity index is 1430. The molecule has 0 aliphatic carbocycles. The first-order valence-electron chi connectivity index (χ1n) is 11.0. The number of hydrogen-bond donors (Lipinski definition) is 4. The third-order valence-electron chi connectivity index (χ3n) is 5.60. The van der Waals surface area contributed by atoms with E-state index in [-0.39, 0.29) is 17.5 Å². The lowest BCUT2D eigenvalue weighted by Gasteiger charge is -2.26. The van der Waals surface area contributed by atoms with Crippen LogP contribution in [-0.4, -0.2) is 40.1 Å². The zero-order valence-electron chi connectivity index (χ0n) is 18.4. The zero-order valence-corrected chi connectivity index (χ0v) is 20.1. The number of anilines is 3. The van der Waals surface area contributed by atoms with Crippen LogP contribution in [0.1, 0.15) is 15.4 Å². The van der Waals surface area contributed by atoms with Crippen LogP contribution >= 0.6 is 23.1 Å². The topological polar surface area (TPSA) is 115 Å². The highest BCUT2D eigenvalue weighted by Gasteiger charge is 2.24. The molecule has 5 heterocycles. The Balaban J connectivity index is 1.10. The first-order valence-corrected chi connectivity index (χ1v) is 12.8. The first kappa shape index (κ1) is 21.8. The van der Waals surface area contributed by atoms with E-state index in [4.69, 9.17) is 15.2 Å². The first-order chi connectivity index (χ1) is 17.1. The largest absolute Gasteiger partial charge is 0.482 e. The molecule has 1 atom stereocenters. The van der Waals surface area contributed by atoms with E-state index in [9.17, 15) is 4.79 Å². The fraction of sp³-hybridized carbons (Fsp3) is 0.167. The highest BCUT2D eigenvalue weighted by atomic mass is 32.2. The lowest BCUT2D eigenvalue weighted by molar-refractivity contribution is -0.0792. The van der Waals surface area contributed by atoms with E-state index in [1.165, 1.54) is 11.3 Å². The van der Waals surface area contributed by atoms with Gasteiger partial charge in [0.05, 0.1) is 52.1 Å². The van der Waals surface area contributed by atoms with Gasteiger partial charge in [-0.1, -0.05) is 23.9 Å². The number of imidazole rings is 1. The van der Waals surface area contributed by atoms with Crippen LogP contribution in [0.15, 0.2) is 66.3 Å². The number of rotatable bonds is 7. The molecule has 178 valence electrons. The van der Waals surface area contributed by atoms with E-state index in [0.29, 0.717) is 29.5 Å². The standard InChI is InChI=1S/C24H22N6O3S2/c25-15-4-1-2-5-16(15)27-23(31)20-7-8-21(35-20)29-24-28-17(13-34-24)18-10-26-22-19(6-3-9-30(18)22)33-14-11-32-12-14/h1-10,13-14,24,28-29H,11-12,25H2,(H,27,31). The molecule has 35 heavy (non-hydrogen) atoms. The Kier molecular flexibility index (Phi) is 5.72. The molecule has 1 saturated heterocycles. The Labute approximate surface area is 209 Å². The predicted molar refractivity (Wildman–Crippen MR) is 140 cm³/mol. The summed E-state index contributed by atoms with van der Waals surface area (Å²) < 4.78 is 13.2. The average Bonchev–Trinajstić information content (AvgIpc) is 3.58. The Morgan fingerprint density at radius 2 is 2.09 bits per heavy atom. The molecule has 0 spiro atoms. The highest BCUT2D eigenvalue weighted by Crippen LogP contribution is 2.32. The second-order valence-corrected chi connectivity index (χ2v) is 10.1. The molecular weight excluding hydrogens is 484 g/mol. The van der Waals surface area contributed by atoms with Crippen LogP contribution in [0.2, 0.25) is 0 Å². The number of nitrogens with one attached hydrogen (secondary N) is 3. The number of amides is 1. The fourth-order valence-corrected chi connectivity index (χ4v) is 5.50. The van der Waals surface area contributed by atoms with Gasteiger partial charge in [-0.25, -0.2) is 4.98 Å². The molecule has 3 aromatic heterocycles. The molecule has 1 aromatic carbocycles. The molecule has 2 aliphatic rings. The number of carbonyl (C=O) groups is 1. The van der Waals surface area contributed by atoms with Gasteiger partial charge in [-0.3, -0.25) is 9.20 Å². The van der Waals surface area contributed by atoms with Crippen LogP contribution in [0.3, 0.4) is 0 Å². The molecule has 1 unspecified atom stereocenters. The molecule has 0 bridgehead atoms. The number of ether oxygens (including phenoxy) is 2. The van der Waals surface area contributed by atoms with Crippen molar-refractivity contribution in [1.82, 2.24) is 14.7 Å². The van der Waals surface area contributed by atoms with Crippen LogP contribution in [0.4, 0.5) is 16.4 Å². The summed E-state index contributed by atoms with van der Waals surface area (Å²) in [4.78, 5) is 17.8. The number of aromatic nitrogens is 2. The van der Waals surface area contributed by atoms with E-state index in [1.54, 1.807) is 30.0 Å². The maximum absolute atomic E-state index is 12.6. The molecule has 0 saturated carbocycles. The van der Waals surface area contributed by atoms with E-state index in [0.717, 1.165) is 27.8 Å². The van der Waals surface area contributed by atoms with Crippen molar-refractivity contribution in [3.05, 3.63) is 76.9 Å². The zero-order chi connectivity index (χ0) is 23.8. The molecule has 2 aliphatic heterocycles. The number of hydrogen-bond acceptors (Lipinski definition) is 9. The number of para-hydroxylation sites is 2. The fourth-order valence-electron chi connectivity index (χ4n) is 3.75. The molecule has 1 amide bonds. The smallest absolute Gasteiger partial charge is 0.265 e. The number of nitrogens with two attached hydrogens (primary N) is 1. The summed E-state index contributed by atoms with van der Waals surface area (Å²) in [5.41, 5.74) is 9.65. The number of benzene rings is 1. The van der Waals surface area contributed by atoms with Gasteiger partial charge in [0.25, 0.3) is 5.91 Å². The van der Waals surface area contributed by atoms with Gasteiger partial charge in [0.15, 0.2) is 16.9 Å². The number of fused-ring (bicyclic) bond motifs is 1. The van der Waals surface area contributed by atoms with E-state index < -0.39 is 0 Å². The molecule has 6 rings (SSSR count). The molecule has 4 aromatic rings. The molecule has 1 fully saturated rings. The van der Waals surface area contributed by atoms with Crippen molar-refractivity contribution in [2.75, 3.05) is 29.6 Å². The lowest BCUT2D eigenvalue weighted by atomic mass is 10.2. The van der Waals surface area contributed by atoms with E-state index in [1.807, 2.05) is 47.1 Å². The summed E-state index contributed by atoms with van der Waals surface area (Å²) in [7, 11) is 0. The Morgan fingerprint density at radius 3 is 2.91 bits per heavy atom. The average molecular weight is 507 g/mol. The minimum atomic E-state index is -0.191. The van der Waals surface area contributed by atoms with Gasteiger partial charge in [-0.15, -0.1) is 11.3 Å². The van der Waals surface area contributed by atoms with Gasteiger partial charge in [0.1, 0.15) is 6.10 Å². The summed E-state index contributed by atoms with van der Waals surface area (Å²) in [6.45, 7) is 1.22. The van der Waals surface area contributed by atoms with Crippen LogP contribution in [0, 0.1) is 0 Å². The maximum atomic E-state index is 12.6. The summed E-state index contributed by atoms with van der Waals surface area (Å²) in [5.74, 6) is 0.554. The number of nitrogen functional groups attached to an aromatic ring is 1. The van der Waals surface area contributed by atoms with Gasteiger partial charge in [0, 0.05) is 11.6 Å².